The monoisotopic (exact) mass is 697 g/mol. The number of esters is 1. The Morgan fingerprint density at radius 2 is 1.90 bits per heavy atom. The van der Waals surface area contributed by atoms with E-state index in [0.29, 0.717) is 43.2 Å². The number of hydrogen-bond donors (Lipinski definition) is 1. The number of Topliss-reactive ketones (excluding diaryl/α,β-unsaturated/α-hetero) is 1. The van der Waals surface area contributed by atoms with Gasteiger partial charge in [-0.15, -0.1) is 0 Å². The van der Waals surface area contributed by atoms with Crippen LogP contribution in [0.5, 0.6) is 6.08 Å². The van der Waals surface area contributed by atoms with E-state index in [1.54, 1.807) is 20.8 Å². The molecule has 3 heterocycles. The van der Waals surface area contributed by atoms with Gasteiger partial charge >= 0.3 is 12.0 Å². The molecule has 13 heteroatoms. The smallest absolute Gasteiger partial charge is 0.394 e. The number of ether oxygens (including phenoxy) is 2. The van der Waals surface area contributed by atoms with Crippen molar-refractivity contribution in [2.45, 2.75) is 121 Å². The summed E-state index contributed by atoms with van der Waals surface area (Å²) in [6, 6.07) is 4.62. The molecule has 2 amide bonds. The van der Waals surface area contributed by atoms with E-state index in [0.717, 1.165) is 24.8 Å². The third kappa shape index (κ3) is 8.19. The molecule has 0 bridgehead atoms. The first-order valence-electron chi connectivity index (χ1n) is 17.5. The van der Waals surface area contributed by atoms with Gasteiger partial charge in [0.05, 0.1) is 29.7 Å². The maximum atomic E-state index is 14.4. The third-order valence-corrected chi connectivity index (χ3v) is 11.8. The second-order valence-corrected chi connectivity index (χ2v) is 17.2. The minimum atomic E-state index is -3.83. The topological polar surface area (TPSA) is 162 Å². The highest BCUT2D eigenvalue weighted by Crippen LogP contribution is 2.57. The van der Waals surface area contributed by atoms with Crippen LogP contribution in [-0.2, 0) is 33.9 Å². The van der Waals surface area contributed by atoms with Crippen molar-refractivity contribution < 1.29 is 41.5 Å². The van der Waals surface area contributed by atoms with E-state index in [9.17, 15) is 27.6 Å². The summed E-state index contributed by atoms with van der Waals surface area (Å²) in [5.41, 5.74) is 0.204. The van der Waals surface area contributed by atoms with Gasteiger partial charge in [0.25, 0.3) is 0 Å². The molecule has 1 N–H and O–H groups in total. The molecule has 1 saturated heterocycles. The lowest BCUT2D eigenvalue weighted by molar-refractivity contribution is -0.159. The standard InChI is InChI=1S/C36H47N3O9S/c1-22-12-15-27-30(16-22)47-34(37-27)46-25-18-28-29(40)20-36(33(43)38-49(44,45)26-13-14-26)19-24(36)11-9-7-5-6-8-10-23(32(42)39(28)21-25)17-31(41)48-35(2,3)4/h9,11-12,15-16,23-26,28H,5-8,10,13-14,17-21H2,1-4H3,(H,38,43)/b11-9-/t23-,24-,25-,28+,36-/m1/s1. The molecule has 2 aromatic rings. The van der Waals surface area contributed by atoms with Crippen LogP contribution in [0.2, 0.25) is 0 Å². The van der Waals surface area contributed by atoms with Gasteiger partial charge in [0.2, 0.25) is 21.8 Å². The Labute approximate surface area is 287 Å². The molecule has 1 aromatic heterocycles. The van der Waals surface area contributed by atoms with Crippen LogP contribution >= 0.6 is 0 Å². The number of oxazole rings is 1. The van der Waals surface area contributed by atoms with Crippen LogP contribution in [0.4, 0.5) is 0 Å². The van der Waals surface area contributed by atoms with E-state index in [-0.39, 0.29) is 49.5 Å². The zero-order chi connectivity index (χ0) is 35.1. The molecule has 266 valence electrons. The molecule has 0 radical (unpaired) electrons. The van der Waals surface area contributed by atoms with Gasteiger partial charge in [-0.2, -0.15) is 4.98 Å². The zero-order valence-electron chi connectivity index (χ0n) is 28.7. The highest BCUT2D eigenvalue weighted by atomic mass is 32.2. The number of aryl methyl sites for hydroxylation is 1. The number of nitrogens with one attached hydrogen (secondary N) is 1. The van der Waals surface area contributed by atoms with Crippen LogP contribution < -0.4 is 9.46 Å². The lowest BCUT2D eigenvalue weighted by atomic mass is 9.90. The number of amides is 2. The molecular weight excluding hydrogens is 650 g/mol. The quantitative estimate of drug-likeness (QED) is 0.310. The molecular formula is C36H47N3O9S. The summed E-state index contributed by atoms with van der Waals surface area (Å²) < 4.78 is 45.4. The number of aromatic nitrogens is 1. The SMILES string of the molecule is Cc1ccc2nc(O[C@@H]3C[C@H]4C(=O)C[C@]5(C(=O)NS(=O)(=O)C6CC6)C[C@H]5/C=C\CCCCC[C@H](CC(=O)OC(C)(C)C)C(=O)N4C3)oc2c1. The van der Waals surface area contributed by atoms with Crippen molar-refractivity contribution in [2.75, 3.05) is 6.54 Å². The van der Waals surface area contributed by atoms with Crippen molar-refractivity contribution in [2.24, 2.45) is 17.3 Å². The fraction of sp³-hybridized carbons (Fsp3) is 0.639. The molecule has 1 aromatic carbocycles. The van der Waals surface area contributed by atoms with Gasteiger partial charge in [0.15, 0.2) is 11.4 Å². The summed E-state index contributed by atoms with van der Waals surface area (Å²) in [5.74, 6) is -2.87. The fourth-order valence-electron chi connectivity index (χ4n) is 7.11. The minimum absolute atomic E-state index is 0.0204. The fourth-order valence-corrected chi connectivity index (χ4v) is 8.49. The molecule has 2 saturated carbocycles. The Bertz CT molecular complexity index is 1760. The number of hydrogen-bond acceptors (Lipinski definition) is 10. The van der Waals surface area contributed by atoms with E-state index < -0.39 is 56.2 Å². The van der Waals surface area contributed by atoms with Crippen molar-refractivity contribution in [3.8, 4) is 6.08 Å². The Kier molecular flexibility index (Phi) is 9.69. The Hall–Kier alpha value is -3.74. The number of fused-ring (bicyclic) bond motifs is 3. The summed E-state index contributed by atoms with van der Waals surface area (Å²) in [6.07, 6.45) is 7.98. The maximum absolute atomic E-state index is 14.4. The zero-order valence-corrected chi connectivity index (χ0v) is 29.6. The first-order chi connectivity index (χ1) is 23.1. The average molecular weight is 698 g/mol. The predicted molar refractivity (Wildman–Crippen MR) is 180 cm³/mol. The van der Waals surface area contributed by atoms with Crippen LogP contribution in [0.1, 0.15) is 97.0 Å². The van der Waals surface area contributed by atoms with Crippen molar-refractivity contribution >= 4 is 44.7 Å². The number of carbonyl (C=O) groups is 4. The van der Waals surface area contributed by atoms with Gasteiger partial charge in [0, 0.05) is 18.8 Å². The number of allylic oxidation sites excluding steroid dienone is 2. The molecule has 0 unspecified atom stereocenters. The highest BCUT2D eigenvalue weighted by Gasteiger charge is 2.61. The number of nitrogens with zero attached hydrogens (tertiary/aromatic N) is 2. The molecule has 12 nitrogen and oxygen atoms in total. The van der Waals surface area contributed by atoms with E-state index >= 15 is 0 Å². The van der Waals surface area contributed by atoms with Crippen LogP contribution in [0.15, 0.2) is 34.8 Å². The van der Waals surface area contributed by atoms with Gasteiger partial charge in [-0.05, 0) is 89.8 Å². The molecule has 2 aliphatic heterocycles. The van der Waals surface area contributed by atoms with E-state index in [1.807, 2.05) is 37.3 Å². The van der Waals surface area contributed by atoms with E-state index in [2.05, 4.69) is 9.71 Å². The largest absolute Gasteiger partial charge is 0.460 e. The van der Waals surface area contributed by atoms with Gasteiger partial charge in [-0.3, -0.25) is 23.9 Å². The Morgan fingerprint density at radius 3 is 2.63 bits per heavy atom. The van der Waals surface area contributed by atoms with Gasteiger partial charge in [0.1, 0.15) is 17.2 Å². The first kappa shape index (κ1) is 35.1. The molecule has 49 heavy (non-hydrogen) atoms. The Morgan fingerprint density at radius 1 is 1.12 bits per heavy atom. The molecule has 2 aliphatic carbocycles. The summed E-state index contributed by atoms with van der Waals surface area (Å²) in [5, 5.41) is -0.586. The lowest BCUT2D eigenvalue weighted by Gasteiger charge is -2.29. The lowest BCUT2D eigenvalue weighted by Crippen LogP contribution is -2.46. The highest BCUT2D eigenvalue weighted by molar-refractivity contribution is 7.90. The van der Waals surface area contributed by atoms with Crippen molar-refractivity contribution in [1.29, 1.82) is 0 Å². The molecule has 4 aliphatic rings. The minimum Gasteiger partial charge on any atom is -0.460 e. The van der Waals surface area contributed by atoms with Crippen molar-refractivity contribution in [3.05, 3.63) is 35.9 Å². The van der Waals surface area contributed by atoms with Crippen molar-refractivity contribution in [1.82, 2.24) is 14.6 Å². The predicted octanol–water partition coefficient (Wildman–Crippen LogP) is 4.93. The summed E-state index contributed by atoms with van der Waals surface area (Å²) >= 11 is 0. The first-order valence-corrected chi connectivity index (χ1v) is 19.0. The summed E-state index contributed by atoms with van der Waals surface area (Å²) in [6.45, 7) is 7.30. The molecule has 6 rings (SSSR count). The van der Waals surface area contributed by atoms with Crippen LogP contribution in [0, 0.1) is 24.2 Å². The van der Waals surface area contributed by atoms with Crippen LogP contribution in [0.3, 0.4) is 0 Å². The molecule has 5 atom stereocenters. The van der Waals surface area contributed by atoms with Crippen molar-refractivity contribution in [3.63, 3.8) is 0 Å². The molecule has 3 fully saturated rings. The summed E-state index contributed by atoms with van der Waals surface area (Å²) in [4.78, 5) is 61.2. The third-order valence-electron chi connectivity index (χ3n) is 9.96. The van der Waals surface area contributed by atoms with E-state index in [1.165, 1.54) is 4.90 Å². The maximum Gasteiger partial charge on any atom is 0.394 e. The summed E-state index contributed by atoms with van der Waals surface area (Å²) in [7, 11) is -3.83. The number of ketones is 1. The van der Waals surface area contributed by atoms with Gasteiger partial charge in [-0.25, -0.2) is 8.42 Å². The normalized spacial score (nSPS) is 28.9. The number of carbonyl (C=O) groups excluding carboxylic acids is 4. The average Bonchev–Trinajstić information content (AvgIpc) is 3.90. The van der Waals surface area contributed by atoms with Gasteiger partial charge in [-0.1, -0.05) is 31.1 Å². The number of benzene rings is 1. The Balaban J connectivity index is 1.28. The van der Waals surface area contributed by atoms with Crippen LogP contribution in [0.25, 0.3) is 11.1 Å². The second-order valence-electron chi connectivity index (χ2n) is 15.3. The number of sulfonamides is 1. The van der Waals surface area contributed by atoms with E-state index in [4.69, 9.17) is 13.9 Å². The van der Waals surface area contributed by atoms with Gasteiger partial charge < -0.3 is 18.8 Å². The molecule has 0 spiro atoms. The second kappa shape index (κ2) is 13.5. The van der Waals surface area contributed by atoms with Crippen LogP contribution in [-0.4, -0.2) is 71.4 Å². The number of rotatable bonds is 7.